The first-order valence-corrected chi connectivity index (χ1v) is 24.6. The van der Waals surface area contributed by atoms with Crippen LogP contribution in [-0.2, 0) is 0 Å². The molecule has 0 bridgehead atoms. The minimum absolute atomic E-state index is 0.699. The molecule has 4 aromatic heterocycles. The molecular formula is C65H52N4O. The Hall–Kier alpha value is -8.80. The van der Waals surface area contributed by atoms with E-state index in [2.05, 4.69) is 244 Å². The third-order valence-corrected chi connectivity index (χ3v) is 13.8. The van der Waals surface area contributed by atoms with Crippen LogP contribution in [0.5, 0.6) is 0 Å². The predicted molar refractivity (Wildman–Crippen MR) is 300 cm³/mol. The van der Waals surface area contributed by atoms with Crippen molar-refractivity contribution in [2.45, 2.75) is 27.7 Å². The van der Waals surface area contributed by atoms with Gasteiger partial charge >= 0.3 is 0 Å². The average Bonchev–Trinajstić information content (AvgIpc) is 4.18. The zero-order chi connectivity index (χ0) is 47.5. The number of furan rings is 1. The highest BCUT2D eigenvalue weighted by Gasteiger charge is 2.24. The number of hydrogen-bond acceptors (Lipinski definition) is 2. The van der Waals surface area contributed by atoms with Crippen molar-refractivity contribution >= 4 is 110 Å². The molecule has 0 unspecified atom stereocenters. The predicted octanol–water partition coefficient (Wildman–Crippen LogP) is 18.2. The monoisotopic (exact) mass is 904 g/mol. The number of hydrogen-bond donors (Lipinski definition) is 0. The first-order valence-electron chi connectivity index (χ1n) is 24.6. The van der Waals surface area contributed by atoms with Crippen molar-refractivity contribution in [1.82, 2.24) is 13.7 Å². The van der Waals surface area contributed by atoms with Gasteiger partial charge in [-0.3, -0.25) is 0 Å². The van der Waals surface area contributed by atoms with Crippen molar-refractivity contribution in [2.24, 2.45) is 0 Å². The number of rotatable bonds is 4. The van der Waals surface area contributed by atoms with Gasteiger partial charge in [0.1, 0.15) is 11.2 Å². The Morgan fingerprint density at radius 3 is 1.46 bits per heavy atom. The lowest BCUT2D eigenvalue weighted by molar-refractivity contribution is 0.677. The Kier molecular flexibility index (Phi) is 10.6. The van der Waals surface area contributed by atoms with Crippen LogP contribution in [0.25, 0.3) is 110 Å². The molecule has 70 heavy (non-hydrogen) atoms. The molecule has 5 heteroatoms. The van der Waals surface area contributed by atoms with Crippen LogP contribution in [0.1, 0.15) is 33.3 Å². The van der Waals surface area contributed by atoms with Gasteiger partial charge in [0.25, 0.3) is 0 Å². The van der Waals surface area contributed by atoms with Gasteiger partial charge in [-0.05, 0) is 103 Å². The van der Waals surface area contributed by atoms with Gasteiger partial charge in [0.2, 0.25) is 0 Å². The lowest BCUT2D eigenvalue weighted by atomic mass is 10.0. The normalized spacial score (nSPS) is 14.0. The lowest BCUT2D eigenvalue weighted by Gasteiger charge is -2.26. The van der Waals surface area contributed by atoms with E-state index in [1.165, 1.54) is 21.8 Å². The maximum atomic E-state index is 7.33. The van der Waals surface area contributed by atoms with E-state index >= 15 is 0 Å². The highest BCUT2D eigenvalue weighted by Crippen LogP contribution is 2.46. The van der Waals surface area contributed by atoms with Gasteiger partial charge in [0.05, 0.1) is 43.9 Å². The number of benzene rings is 9. The largest absolute Gasteiger partial charge is 0.455 e. The van der Waals surface area contributed by atoms with Crippen LogP contribution in [0.2, 0.25) is 0 Å². The van der Waals surface area contributed by atoms with Gasteiger partial charge in [-0.15, -0.1) is 0 Å². The highest BCUT2D eigenvalue weighted by molar-refractivity contribution is 6.29. The summed E-state index contributed by atoms with van der Waals surface area (Å²) < 4.78 is 14.5. The van der Waals surface area contributed by atoms with Gasteiger partial charge in [-0.2, -0.15) is 0 Å². The highest BCUT2D eigenvalue weighted by atomic mass is 16.3. The number of nitrogens with zero attached hydrogens (tertiary/aromatic N) is 4. The minimum atomic E-state index is 0.699. The Labute approximate surface area is 407 Å². The number of para-hydroxylation sites is 6. The van der Waals surface area contributed by atoms with Crippen molar-refractivity contribution in [1.29, 1.82) is 0 Å². The van der Waals surface area contributed by atoms with Crippen LogP contribution in [0, 0.1) is 0 Å². The Morgan fingerprint density at radius 2 is 0.857 bits per heavy atom. The second-order valence-corrected chi connectivity index (χ2v) is 17.3. The van der Waals surface area contributed by atoms with Crippen LogP contribution < -0.4 is 4.90 Å². The third-order valence-electron chi connectivity index (χ3n) is 13.8. The molecule has 1 aliphatic heterocycles. The van der Waals surface area contributed by atoms with Crippen LogP contribution in [0.3, 0.4) is 0 Å². The summed E-state index contributed by atoms with van der Waals surface area (Å²) in [6, 6.07) is 72.0. The van der Waals surface area contributed by atoms with Gasteiger partial charge < -0.3 is 23.0 Å². The fraction of sp³-hybridized carbons (Fsp3) is 0.0769. The molecule has 0 spiro atoms. The molecule has 0 N–H and O–H groups in total. The maximum absolute atomic E-state index is 7.33. The molecule has 5 nitrogen and oxygen atoms in total. The molecular weight excluding hydrogens is 853 g/mol. The quantitative estimate of drug-likeness (QED) is 0.176. The van der Waals surface area contributed by atoms with Crippen LogP contribution in [0.4, 0.5) is 11.4 Å². The summed E-state index contributed by atoms with van der Waals surface area (Å²) in [6.45, 7) is 13.4. The van der Waals surface area contributed by atoms with E-state index in [9.17, 15) is 0 Å². The van der Waals surface area contributed by atoms with Crippen LogP contribution >= 0.6 is 0 Å². The number of allylic oxidation sites excluding steroid dienone is 4. The van der Waals surface area contributed by atoms with Crippen LogP contribution in [0.15, 0.2) is 229 Å². The average molecular weight is 905 g/mol. The van der Waals surface area contributed by atoms with Crippen molar-refractivity contribution in [3.05, 3.63) is 231 Å². The minimum Gasteiger partial charge on any atom is -0.455 e. The first kappa shape index (κ1) is 42.5. The van der Waals surface area contributed by atoms with Crippen molar-refractivity contribution in [2.75, 3.05) is 11.4 Å². The SMILES string of the molecule is C=C1/C=C(n2c3ccccc3c3c4oc5c(ccc6c5c5ccccc5n6-c5cccc(-n6c7ccccc7c7ccccc76)c5)c4ccc32)\C=C/CN(c2ccccc2)c2ccccc21.CC.CC. The van der Waals surface area contributed by atoms with E-state index in [0.29, 0.717) is 6.54 Å². The topological polar surface area (TPSA) is 31.2 Å². The number of fused-ring (bicyclic) bond motifs is 15. The molecule has 0 radical (unpaired) electrons. The van der Waals surface area contributed by atoms with E-state index in [1.807, 2.05) is 27.7 Å². The maximum Gasteiger partial charge on any atom is 0.145 e. The van der Waals surface area contributed by atoms with E-state index in [0.717, 1.165) is 105 Å². The molecule has 338 valence electrons. The summed E-state index contributed by atoms with van der Waals surface area (Å²) >= 11 is 0. The van der Waals surface area contributed by atoms with Crippen molar-refractivity contribution < 1.29 is 4.42 Å². The van der Waals surface area contributed by atoms with Crippen LogP contribution in [-0.4, -0.2) is 20.2 Å². The lowest BCUT2D eigenvalue weighted by Crippen LogP contribution is -2.18. The first-order chi connectivity index (χ1) is 34.7. The molecule has 0 atom stereocenters. The van der Waals surface area contributed by atoms with Gasteiger partial charge in [0.15, 0.2) is 0 Å². The summed E-state index contributed by atoms with van der Waals surface area (Å²) in [4.78, 5) is 2.36. The van der Waals surface area contributed by atoms with Gasteiger partial charge in [-0.1, -0.05) is 156 Å². The molecule has 0 amide bonds. The summed E-state index contributed by atoms with van der Waals surface area (Å²) in [5, 5.41) is 9.21. The Balaban J connectivity index is 0.00000123. The smallest absolute Gasteiger partial charge is 0.145 e. The standard InChI is InChI=1S/C61H40N4O.2C2H6/c1-39-37-41(21-16-36-62(40-17-3-2-4-18-40)51-27-10-5-22-44(39)51)64-54-30-13-8-25-49(54)58-56(64)34-32-47-48-33-35-57-59(61(48)66-60(47)58)50-26-9-14-31-55(50)65(57)43-20-15-19-42(38-43)63-52-28-11-6-23-45(52)46-24-7-12-29-53(46)63;2*1-2/h2-35,37-38H,1,36H2;2*1-2H3/b21-16-,41-37+;;. The zero-order valence-electron chi connectivity index (χ0n) is 39.9. The molecule has 0 saturated carbocycles. The molecule has 1 aliphatic rings. The summed E-state index contributed by atoms with van der Waals surface area (Å²) in [5.41, 5.74) is 16.2. The molecule has 5 heterocycles. The van der Waals surface area contributed by atoms with E-state index in [1.54, 1.807) is 0 Å². The fourth-order valence-corrected chi connectivity index (χ4v) is 11.0. The molecule has 0 aliphatic carbocycles. The fourth-order valence-electron chi connectivity index (χ4n) is 11.0. The molecule has 0 saturated heterocycles. The number of anilines is 2. The molecule has 9 aromatic carbocycles. The van der Waals surface area contributed by atoms with E-state index in [4.69, 9.17) is 4.42 Å². The van der Waals surface area contributed by atoms with Crippen molar-refractivity contribution in [3.63, 3.8) is 0 Å². The second kappa shape index (κ2) is 17.4. The Bertz CT molecular complexity index is 4170. The molecule has 0 fully saturated rings. The number of aromatic nitrogens is 3. The summed E-state index contributed by atoms with van der Waals surface area (Å²) in [7, 11) is 0. The van der Waals surface area contributed by atoms with Gasteiger partial charge in [0, 0.05) is 72.9 Å². The summed E-state index contributed by atoms with van der Waals surface area (Å²) in [5.74, 6) is 0. The third kappa shape index (κ3) is 6.46. The molecule has 14 rings (SSSR count). The Morgan fingerprint density at radius 1 is 0.400 bits per heavy atom. The van der Waals surface area contributed by atoms with E-state index in [-0.39, 0.29) is 0 Å². The zero-order valence-corrected chi connectivity index (χ0v) is 39.9. The summed E-state index contributed by atoms with van der Waals surface area (Å²) in [6.07, 6.45) is 6.74. The second-order valence-electron chi connectivity index (χ2n) is 17.3. The van der Waals surface area contributed by atoms with Crippen molar-refractivity contribution in [3.8, 4) is 11.4 Å². The molecule has 13 aromatic rings. The van der Waals surface area contributed by atoms with Gasteiger partial charge in [-0.25, -0.2) is 0 Å². The van der Waals surface area contributed by atoms with E-state index < -0.39 is 0 Å².